The molecule has 4 rings (SSSR count). The summed E-state index contributed by atoms with van der Waals surface area (Å²) in [6.45, 7) is 1.88. The molecule has 4 heterocycles. The van der Waals surface area contributed by atoms with E-state index in [9.17, 15) is 0 Å². The van der Waals surface area contributed by atoms with Crippen LogP contribution >= 0.6 is 0 Å². The molecule has 0 radical (unpaired) electrons. The summed E-state index contributed by atoms with van der Waals surface area (Å²) in [6.07, 6.45) is 10.6. The lowest BCUT2D eigenvalue weighted by molar-refractivity contribution is 0.118. The van der Waals surface area contributed by atoms with Gasteiger partial charge in [-0.1, -0.05) is 12.5 Å². The van der Waals surface area contributed by atoms with Crippen molar-refractivity contribution >= 4 is 0 Å². The maximum Gasteiger partial charge on any atom is 0.249 e. The van der Waals surface area contributed by atoms with E-state index in [1.165, 1.54) is 18.4 Å². The van der Waals surface area contributed by atoms with E-state index in [0.29, 0.717) is 11.8 Å². The minimum absolute atomic E-state index is 0.164. The number of nitrogens with zero attached hydrogens (tertiary/aromatic N) is 5. The Kier molecular flexibility index (Phi) is 4.29. The van der Waals surface area contributed by atoms with Crippen molar-refractivity contribution in [3.05, 3.63) is 60.5 Å². The van der Waals surface area contributed by atoms with Crippen molar-refractivity contribution in [1.82, 2.24) is 25.1 Å². The topological polar surface area (TPSA) is 67.9 Å². The molecule has 1 aliphatic heterocycles. The van der Waals surface area contributed by atoms with Crippen molar-refractivity contribution in [2.75, 3.05) is 6.54 Å². The lowest BCUT2D eigenvalue weighted by atomic mass is 10.0. The van der Waals surface area contributed by atoms with Crippen LogP contribution in [0.3, 0.4) is 0 Å². The average Bonchev–Trinajstić information content (AvgIpc) is 3.14. The Labute approximate surface area is 140 Å². The second-order valence-corrected chi connectivity index (χ2v) is 6.03. The molecular formula is C18H19N5O. The van der Waals surface area contributed by atoms with Gasteiger partial charge in [-0.15, -0.1) is 10.2 Å². The number of hydrogen-bond acceptors (Lipinski definition) is 6. The number of likely N-dealkylation sites (tertiary alicyclic amines) is 1. The van der Waals surface area contributed by atoms with Crippen LogP contribution < -0.4 is 0 Å². The predicted octanol–water partition coefficient (Wildman–Crippen LogP) is 3.25. The predicted molar refractivity (Wildman–Crippen MR) is 88.8 cm³/mol. The summed E-state index contributed by atoms with van der Waals surface area (Å²) in [6, 6.07) is 8.04. The van der Waals surface area contributed by atoms with Gasteiger partial charge in [-0.25, -0.2) is 0 Å². The summed E-state index contributed by atoms with van der Waals surface area (Å²) in [5.41, 5.74) is 2.06. The van der Waals surface area contributed by atoms with Crippen LogP contribution in [-0.2, 0) is 6.54 Å². The first-order valence-corrected chi connectivity index (χ1v) is 8.27. The highest BCUT2D eigenvalue weighted by atomic mass is 16.4. The largest absolute Gasteiger partial charge is 0.419 e. The van der Waals surface area contributed by atoms with Crippen molar-refractivity contribution < 1.29 is 4.42 Å². The van der Waals surface area contributed by atoms with E-state index in [4.69, 9.17) is 4.42 Å². The molecule has 24 heavy (non-hydrogen) atoms. The Bertz CT molecular complexity index is 774. The fourth-order valence-electron chi connectivity index (χ4n) is 3.16. The molecule has 0 aromatic carbocycles. The molecule has 0 bridgehead atoms. The smallest absolute Gasteiger partial charge is 0.249 e. The van der Waals surface area contributed by atoms with Gasteiger partial charge in [0.15, 0.2) is 0 Å². The lowest BCUT2D eigenvalue weighted by Crippen LogP contribution is -2.33. The van der Waals surface area contributed by atoms with Gasteiger partial charge in [-0.05, 0) is 43.1 Å². The quantitative estimate of drug-likeness (QED) is 0.735. The van der Waals surface area contributed by atoms with Crippen LogP contribution in [0.5, 0.6) is 0 Å². The highest BCUT2D eigenvalue weighted by Gasteiger charge is 2.28. The van der Waals surface area contributed by atoms with Crippen LogP contribution in [0, 0.1) is 0 Å². The molecule has 0 saturated carbocycles. The summed E-state index contributed by atoms with van der Waals surface area (Å²) in [7, 11) is 0. The summed E-state index contributed by atoms with van der Waals surface area (Å²) in [5.74, 6) is 1.22. The molecule has 0 amide bonds. The molecule has 0 aliphatic carbocycles. The van der Waals surface area contributed by atoms with Gasteiger partial charge >= 0.3 is 0 Å². The molecule has 1 saturated heterocycles. The third-order valence-electron chi connectivity index (χ3n) is 4.36. The van der Waals surface area contributed by atoms with Crippen molar-refractivity contribution in [2.24, 2.45) is 0 Å². The maximum atomic E-state index is 5.96. The number of hydrogen-bond donors (Lipinski definition) is 0. The number of rotatable bonds is 4. The Hall–Kier alpha value is -2.60. The van der Waals surface area contributed by atoms with Crippen molar-refractivity contribution in [3.63, 3.8) is 0 Å². The second-order valence-electron chi connectivity index (χ2n) is 6.03. The van der Waals surface area contributed by atoms with E-state index in [0.717, 1.165) is 25.1 Å². The van der Waals surface area contributed by atoms with E-state index in [1.807, 2.05) is 24.4 Å². The van der Waals surface area contributed by atoms with Crippen molar-refractivity contribution in [3.8, 4) is 11.5 Å². The molecule has 1 fully saturated rings. The zero-order valence-corrected chi connectivity index (χ0v) is 13.4. The summed E-state index contributed by atoms with van der Waals surface area (Å²) in [5, 5.41) is 8.51. The highest BCUT2D eigenvalue weighted by molar-refractivity contribution is 5.49. The van der Waals surface area contributed by atoms with E-state index in [-0.39, 0.29) is 6.04 Å². The zero-order chi connectivity index (χ0) is 16.2. The first-order valence-electron chi connectivity index (χ1n) is 8.27. The van der Waals surface area contributed by atoms with Crippen LogP contribution in [0.25, 0.3) is 11.5 Å². The second kappa shape index (κ2) is 6.88. The zero-order valence-electron chi connectivity index (χ0n) is 13.4. The molecule has 1 atom stereocenters. The first kappa shape index (κ1) is 15.0. The summed E-state index contributed by atoms with van der Waals surface area (Å²) >= 11 is 0. The van der Waals surface area contributed by atoms with E-state index >= 15 is 0 Å². The average molecular weight is 321 g/mol. The van der Waals surface area contributed by atoms with Gasteiger partial charge in [-0.2, -0.15) is 0 Å². The molecule has 0 spiro atoms. The first-order chi connectivity index (χ1) is 11.9. The van der Waals surface area contributed by atoms with Gasteiger partial charge in [0.25, 0.3) is 0 Å². The molecule has 3 aromatic rings. The van der Waals surface area contributed by atoms with Crippen LogP contribution in [-0.4, -0.2) is 31.6 Å². The molecule has 6 heteroatoms. The van der Waals surface area contributed by atoms with Gasteiger partial charge in [0.05, 0.1) is 11.6 Å². The molecule has 1 aliphatic rings. The van der Waals surface area contributed by atoms with E-state index in [1.54, 1.807) is 18.6 Å². The third-order valence-corrected chi connectivity index (χ3v) is 4.36. The molecular weight excluding hydrogens is 302 g/mol. The Balaban J connectivity index is 1.56. The van der Waals surface area contributed by atoms with Gasteiger partial charge in [-0.3, -0.25) is 14.9 Å². The molecule has 6 nitrogen and oxygen atoms in total. The van der Waals surface area contributed by atoms with Gasteiger partial charge in [0.2, 0.25) is 11.8 Å². The van der Waals surface area contributed by atoms with E-state index in [2.05, 4.69) is 31.1 Å². The fourth-order valence-corrected chi connectivity index (χ4v) is 3.16. The molecule has 0 N–H and O–H groups in total. The van der Waals surface area contributed by atoms with Gasteiger partial charge < -0.3 is 4.42 Å². The van der Waals surface area contributed by atoms with Crippen molar-refractivity contribution in [2.45, 2.75) is 31.8 Å². The van der Waals surface area contributed by atoms with Crippen molar-refractivity contribution in [1.29, 1.82) is 0 Å². The minimum Gasteiger partial charge on any atom is -0.419 e. The lowest BCUT2D eigenvalue weighted by Gasteiger charge is -2.33. The Morgan fingerprint density at radius 2 is 1.92 bits per heavy atom. The fraction of sp³-hybridized carbons (Fsp3) is 0.333. The number of pyridine rings is 2. The third kappa shape index (κ3) is 3.19. The molecule has 0 unspecified atom stereocenters. The molecule has 122 valence electrons. The van der Waals surface area contributed by atoms with Crippen LogP contribution in [0.4, 0.5) is 0 Å². The molecule has 3 aromatic heterocycles. The van der Waals surface area contributed by atoms with Crippen LogP contribution in [0.15, 0.2) is 53.5 Å². The van der Waals surface area contributed by atoms with Crippen LogP contribution in [0.1, 0.15) is 36.8 Å². The minimum atomic E-state index is 0.164. The standard InChI is InChI=1S/C18H19N5O/c1-2-10-23(13-14-5-3-8-19-11-14)16(7-1)18-22-21-17(24-18)15-6-4-9-20-12-15/h3-6,8-9,11-12,16H,1-2,7,10,13H2/t16-/m1/s1. The number of piperidine rings is 1. The maximum absolute atomic E-state index is 5.96. The summed E-state index contributed by atoms with van der Waals surface area (Å²) in [4.78, 5) is 10.7. The Morgan fingerprint density at radius 3 is 2.71 bits per heavy atom. The van der Waals surface area contributed by atoms with Gasteiger partial charge in [0, 0.05) is 31.3 Å². The van der Waals surface area contributed by atoms with Crippen LogP contribution in [0.2, 0.25) is 0 Å². The van der Waals surface area contributed by atoms with Gasteiger partial charge in [0.1, 0.15) is 0 Å². The SMILES string of the molecule is c1cncc(CN2CCCC[C@@H]2c2nnc(-c3cccnc3)o2)c1. The Morgan fingerprint density at radius 1 is 1.04 bits per heavy atom. The number of aromatic nitrogens is 4. The normalized spacial score (nSPS) is 18.6. The summed E-state index contributed by atoms with van der Waals surface area (Å²) < 4.78 is 5.96. The van der Waals surface area contributed by atoms with E-state index < -0.39 is 0 Å². The highest BCUT2D eigenvalue weighted by Crippen LogP contribution is 2.32. The monoisotopic (exact) mass is 321 g/mol.